The van der Waals surface area contributed by atoms with E-state index in [1.807, 2.05) is 12.1 Å². The number of aromatic hydroxyl groups is 1. The van der Waals surface area contributed by atoms with E-state index < -0.39 is 0 Å². The van der Waals surface area contributed by atoms with Crippen LogP contribution in [0.4, 0.5) is 0 Å². The summed E-state index contributed by atoms with van der Waals surface area (Å²) in [7, 11) is 0. The van der Waals surface area contributed by atoms with Crippen LogP contribution in [-0.4, -0.2) is 5.11 Å². The molecule has 0 heterocycles. The molecule has 3 aromatic rings. The zero-order valence-corrected chi connectivity index (χ0v) is 13.2. The van der Waals surface area contributed by atoms with Gasteiger partial charge in [-0.05, 0) is 48.1 Å². The summed E-state index contributed by atoms with van der Waals surface area (Å²) in [6, 6.07) is 28.7. The van der Waals surface area contributed by atoms with Crippen LogP contribution in [0.15, 0.2) is 84.9 Å². The molecule has 0 unspecified atom stereocenters. The number of aryl methyl sites for hydroxylation is 1. The average molecular weight is 301 g/mol. The third kappa shape index (κ3) is 4.23. The van der Waals surface area contributed by atoms with Gasteiger partial charge in [0.2, 0.25) is 0 Å². The van der Waals surface area contributed by atoms with Gasteiger partial charge in [0.15, 0.2) is 0 Å². The van der Waals surface area contributed by atoms with Crippen molar-refractivity contribution in [3.05, 3.63) is 108 Å². The topological polar surface area (TPSA) is 20.2 Å². The van der Waals surface area contributed by atoms with Gasteiger partial charge in [0.05, 0.1) is 0 Å². The minimum Gasteiger partial charge on any atom is -0.508 e. The van der Waals surface area contributed by atoms with Crippen molar-refractivity contribution < 1.29 is 5.11 Å². The van der Waals surface area contributed by atoms with Crippen molar-refractivity contribution in [3.63, 3.8) is 0 Å². The summed E-state index contributed by atoms with van der Waals surface area (Å²) >= 11 is 0. The van der Waals surface area contributed by atoms with Gasteiger partial charge in [-0.1, -0.05) is 72.8 Å². The summed E-state index contributed by atoms with van der Waals surface area (Å²) in [6.45, 7) is 0. The van der Waals surface area contributed by atoms with Crippen molar-refractivity contribution in [1.29, 1.82) is 0 Å². The van der Waals surface area contributed by atoms with E-state index in [0.29, 0.717) is 5.75 Å². The number of hydrogen-bond donors (Lipinski definition) is 1. The Kier molecular flexibility index (Phi) is 5.10. The van der Waals surface area contributed by atoms with E-state index in [0.717, 1.165) is 19.3 Å². The molecule has 0 saturated heterocycles. The lowest BCUT2D eigenvalue weighted by atomic mass is 9.86. The lowest BCUT2D eigenvalue weighted by molar-refractivity contribution is 0.475. The molecule has 1 heteroatoms. The predicted molar refractivity (Wildman–Crippen MR) is 95.4 cm³/mol. The van der Waals surface area contributed by atoms with Gasteiger partial charge in [-0.3, -0.25) is 0 Å². The van der Waals surface area contributed by atoms with E-state index in [9.17, 15) is 5.11 Å². The van der Waals surface area contributed by atoms with E-state index >= 15 is 0 Å². The third-order valence-electron chi connectivity index (χ3n) is 4.07. The molecule has 0 aliphatic heterocycles. The summed E-state index contributed by atoms with van der Waals surface area (Å²) in [5.41, 5.74) is 3.86. The molecule has 115 valence electrons. The van der Waals surface area contributed by atoms with Crippen molar-refractivity contribution in [1.82, 2.24) is 0 Å². The molecule has 1 radical (unpaired) electrons. The maximum Gasteiger partial charge on any atom is 0.115 e. The van der Waals surface area contributed by atoms with Crippen LogP contribution in [0.3, 0.4) is 0 Å². The fourth-order valence-corrected chi connectivity index (χ4v) is 2.87. The van der Waals surface area contributed by atoms with Crippen molar-refractivity contribution >= 4 is 0 Å². The molecule has 0 spiro atoms. The molecule has 0 aromatic heterocycles. The summed E-state index contributed by atoms with van der Waals surface area (Å²) in [5, 5.41) is 9.36. The van der Waals surface area contributed by atoms with Gasteiger partial charge >= 0.3 is 0 Å². The molecule has 3 aromatic carbocycles. The van der Waals surface area contributed by atoms with Gasteiger partial charge in [0.1, 0.15) is 5.75 Å². The van der Waals surface area contributed by atoms with Crippen LogP contribution in [0, 0.1) is 5.92 Å². The fraction of sp³-hybridized carbons (Fsp3) is 0.136. The normalized spacial score (nSPS) is 10.8. The van der Waals surface area contributed by atoms with Crippen molar-refractivity contribution in [2.75, 3.05) is 0 Å². The predicted octanol–water partition coefficient (Wildman–Crippen LogP) is 5.39. The van der Waals surface area contributed by atoms with Crippen LogP contribution in [0.5, 0.6) is 5.75 Å². The number of phenolic OH excluding ortho intramolecular Hbond substituents is 1. The first kappa shape index (κ1) is 15.4. The van der Waals surface area contributed by atoms with Crippen molar-refractivity contribution in [2.24, 2.45) is 0 Å². The number of rotatable bonds is 6. The quantitative estimate of drug-likeness (QED) is 0.647. The number of phenols is 1. The lowest BCUT2D eigenvalue weighted by Gasteiger charge is -2.17. The molecule has 1 N–H and O–H groups in total. The second-order valence-corrected chi connectivity index (χ2v) is 5.73. The third-order valence-corrected chi connectivity index (χ3v) is 4.07. The molecular weight excluding hydrogens is 280 g/mol. The first-order valence-electron chi connectivity index (χ1n) is 8.07. The Labute approximate surface area is 138 Å². The molecular formula is C22H21O. The van der Waals surface area contributed by atoms with Crippen LogP contribution < -0.4 is 0 Å². The number of hydrogen-bond acceptors (Lipinski definition) is 1. The Bertz CT molecular complexity index is 662. The molecule has 0 amide bonds. The van der Waals surface area contributed by atoms with Crippen molar-refractivity contribution in [2.45, 2.75) is 19.3 Å². The maximum absolute atomic E-state index is 9.36. The monoisotopic (exact) mass is 301 g/mol. The highest BCUT2D eigenvalue weighted by Crippen LogP contribution is 2.28. The Hall–Kier alpha value is -2.54. The van der Waals surface area contributed by atoms with E-state index in [-0.39, 0.29) is 0 Å². The van der Waals surface area contributed by atoms with Crippen molar-refractivity contribution in [3.8, 4) is 5.75 Å². The first-order valence-corrected chi connectivity index (χ1v) is 8.07. The van der Waals surface area contributed by atoms with E-state index in [1.54, 1.807) is 12.1 Å². The summed E-state index contributed by atoms with van der Waals surface area (Å²) in [4.78, 5) is 0. The summed E-state index contributed by atoms with van der Waals surface area (Å²) < 4.78 is 0. The number of benzene rings is 3. The molecule has 0 atom stereocenters. The van der Waals surface area contributed by atoms with Crippen LogP contribution in [0.1, 0.15) is 29.5 Å². The smallest absolute Gasteiger partial charge is 0.115 e. The zero-order chi connectivity index (χ0) is 15.9. The van der Waals surface area contributed by atoms with Gasteiger partial charge < -0.3 is 5.11 Å². The molecule has 0 saturated carbocycles. The molecule has 23 heavy (non-hydrogen) atoms. The minimum atomic E-state index is 0.328. The molecule has 0 aliphatic rings. The van der Waals surface area contributed by atoms with Gasteiger partial charge in [0, 0.05) is 5.92 Å². The van der Waals surface area contributed by atoms with Crippen LogP contribution in [-0.2, 0) is 6.42 Å². The van der Waals surface area contributed by atoms with E-state index in [4.69, 9.17) is 0 Å². The van der Waals surface area contributed by atoms with E-state index in [2.05, 4.69) is 60.7 Å². The Morgan fingerprint density at radius 1 is 0.652 bits per heavy atom. The van der Waals surface area contributed by atoms with Gasteiger partial charge in [0.25, 0.3) is 0 Å². The summed E-state index contributed by atoms with van der Waals surface area (Å²) in [5.74, 6) is 1.72. The first-order chi connectivity index (χ1) is 11.3. The molecule has 3 rings (SSSR count). The SMILES string of the molecule is Oc1ccc(CCC[C](c2ccccc2)c2ccccc2)cc1. The fourth-order valence-electron chi connectivity index (χ4n) is 2.87. The van der Waals surface area contributed by atoms with Gasteiger partial charge in [-0.2, -0.15) is 0 Å². The second-order valence-electron chi connectivity index (χ2n) is 5.73. The van der Waals surface area contributed by atoms with Gasteiger partial charge in [-0.15, -0.1) is 0 Å². The molecule has 0 fully saturated rings. The second kappa shape index (κ2) is 7.64. The maximum atomic E-state index is 9.36. The molecule has 1 nitrogen and oxygen atoms in total. The minimum absolute atomic E-state index is 0.328. The molecule has 0 aliphatic carbocycles. The standard InChI is InChI=1S/C22H21O/c23-21-16-14-18(15-17-21)8-7-13-22(19-9-3-1-4-10-19)20-11-5-2-6-12-20/h1-6,9-12,14-17,23H,7-8,13H2. The Morgan fingerprint density at radius 2 is 1.17 bits per heavy atom. The van der Waals surface area contributed by atoms with E-state index in [1.165, 1.54) is 22.6 Å². The summed E-state index contributed by atoms with van der Waals surface area (Å²) in [6.07, 6.45) is 3.14. The zero-order valence-electron chi connectivity index (χ0n) is 13.2. The molecule has 0 bridgehead atoms. The van der Waals surface area contributed by atoms with Crippen LogP contribution >= 0.6 is 0 Å². The highest BCUT2D eigenvalue weighted by molar-refractivity contribution is 5.45. The highest BCUT2D eigenvalue weighted by Gasteiger charge is 2.14. The average Bonchev–Trinajstić information content (AvgIpc) is 2.62. The van der Waals surface area contributed by atoms with Crippen LogP contribution in [0.2, 0.25) is 0 Å². The Balaban J connectivity index is 1.71. The van der Waals surface area contributed by atoms with Gasteiger partial charge in [-0.25, -0.2) is 0 Å². The highest BCUT2D eigenvalue weighted by atomic mass is 16.3. The Morgan fingerprint density at radius 3 is 1.70 bits per heavy atom. The lowest BCUT2D eigenvalue weighted by Crippen LogP contribution is -2.03. The largest absolute Gasteiger partial charge is 0.508 e. The van der Waals surface area contributed by atoms with Crippen LogP contribution in [0.25, 0.3) is 0 Å².